The molecule has 0 spiro atoms. The lowest BCUT2D eigenvalue weighted by Crippen LogP contribution is -2.44. The Morgan fingerprint density at radius 2 is 2.17 bits per heavy atom. The fourth-order valence-corrected chi connectivity index (χ4v) is 0.823. The van der Waals surface area contributed by atoms with Crippen molar-refractivity contribution in [3.8, 4) is 0 Å². The summed E-state index contributed by atoms with van der Waals surface area (Å²) in [4.78, 5) is 13.0. The van der Waals surface area contributed by atoms with E-state index in [0.717, 1.165) is 0 Å². The number of carbonyl (C=O) groups excluding carboxylic acids is 1. The minimum Gasteiger partial charge on any atom is -0.341 e. The van der Waals surface area contributed by atoms with Crippen LogP contribution in [-0.4, -0.2) is 30.4 Å². The average Bonchev–Trinajstić information content (AvgIpc) is 2.02. The Bertz CT molecular complexity index is 166. The Morgan fingerprint density at radius 1 is 1.67 bits per heavy atom. The minimum absolute atomic E-state index is 0.0232. The van der Waals surface area contributed by atoms with Crippen LogP contribution in [0.25, 0.3) is 0 Å². The molecule has 0 saturated carbocycles. The summed E-state index contributed by atoms with van der Waals surface area (Å²) in [6.45, 7) is 7.98. The van der Waals surface area contributed by atoms with Crippen LogP contribution < -0.4 is 5.73 Å². The molecule has 0 fully saturated rings. The van der Waals surface area contributed by atoms with Gasteiger partial charge in [0.15, 0.2) is 0 Å². The summed E-state index contributed by atoms with van der Waals surface area (Å²) >= 11 is 0. The van der Waals surface area contributed by atoms with Crippen molar-refractivity contribution >= 4 is 5.91 Å². The van der Waals surface area contributed by atoms with Gasteiger partial charge in [0.1, 0.15) is 0 Å². The number of rotatable bonds is 4. The van der Waals surface area contributed by atoms with Gasteiger partial charge in [-0.25, -0.2) is 0 Å². The lowest BCUT2D eigenvalue weighted by Gasteiger charge is -2.21. The zero-order chi connectivity index (χ0) is 9.72. The molecule has 0 aromatic rings. The van der Waals surface area contributed by atoms with Crippen LogP contribution in [0.3, 0.4) is 0 Å². The third-order valence-electron chi connectivity index (χ3n) is 1.78. The van der Waals surface area contributed by atoms with Crippen molar-refractivity contribution in [2.45, 2.75) is 19.9 Å². The van der Waals surface area contributed by atoms with Crippen LogP contribution in [0.15, 0.2) is 12.7 Å². The first kappa shape index (κ1) is 11.2. The van der Waals surface area contributed by atoms with E-state index in [1.807, 2.05) is 13.8 Å². The standard InChI is InChI=1S/C9H18N2O/c1-5-6-11(4)9(12)8(10)7(2)3/h5,7-8H,1,6,10H2,2-4H3/t8-/m0/s1. The van der Waals surface area contributed by atoms with E-state index in [9.17, 15) is 4.79 Å². The summed E-state index contributed by atoms with van der Waals surface area (Å²) in [6.07, 6.45) is 1.69. The second-order valence-corrected chi connectivity index (χ2v) is 3.28. The number of hydrogen-bond acceptors (Lipinski definition) is 2. The van der Waals surface area contributed by atoms with Crippen LogP contribution in [0.1, 0.15) is 13.8 Å². The van der Waals surface area contributed by atoms with Crippen molar-refractivity contribution in [1.82, 2.24) is 4.90 Å². The maximum Gasteiger partial charge on any atom is 0.239 e. The lowest BCUT2D eigenvalue weighted by molar-refractivity contribution is -0.131. The van der Waals surface area contributed by atoms with E-state index in [-0.39, 0.29) is 11.8 Å². The molecule has 0 aliphatic carbocycles. The molecule has 0 aromatic heterocycles. The molecule has 1 atom stereocenters. The molecule has 0 rings (SSSR count). The van der Waals surface area contributed by atoms with Crippen LogP contribution in [0.2, 0.25) is 0 Å². The average molecular weight is 170 g/mol. The van der Waals surface area contributed by atoms with Gasteiger partial charge in [-0.15, -0.1) is 6.58 Å². The number of likely N-dealkylation sites (N-methyl/N-ethyl adjacent to an activating group) is 1. The van der Waals surface area contributed by atoms with Gasteiger partial charge in [0.2, 0.25) is 5.91 Å². The van der Waals surface area contributed by atoms with Gasteiger partial charge < -0.3 is 10.6 Å². The van der Waals surface area contributed by atoms with Gasteiger partial charge >= 0.3 is 0 Å². The van der Waals surface area contributed by atoms with Crippen molar-refractivity contribution in [1.29, 1.82) is 0 Å². The van der Waals surface area contributed by atoms with Gasteiger partial charge in [-0.1, -0.05) is 19.9 Å². The van der Waals surface area contributed by atoms with Crippen molar-refractivity contribution in [3.05, 3.63) is 12.7 Å². The molecule has 0 aromatic carbocycles. The summed E-state index contributed by atoms with van der Waals surface area (Å²) in [5, 5.41) is 0. The highest BCUT2D eigenvalue weighted by atomic mass is 16.2. The van der Waals surface area contributed by atoms with E-state index in [0.29, 0.717) is 6.54 Å². The maximum atomic E-state index is 11.4. The maximum absolute atomic E-state index is 11.4. The van der Waals surface area contributed by atoms with Crippen LogP contribution in [-0.2, 0) is 4.79 Å². The van der Waals surface area contributed by atoms with E-state index >= 15 is 0 Å². The Morgan fingerprint density at radius 3 is 2.50 bits per heavy atom. The van der Waals surface area contributed by atoms with Gasteiger partial charge in [0, 0.05) is 13.6 Å². The molecule has 0 bridgehead atoms. The molecule has 3 heteroatoms. The molecular weight excluding hydrogens is 152 g/mol. The predicted molar refractivity (Wildman–Crippen MR) is 50.6 cm³/mol. The molecule has 0 aliphatic heterocycles. The summed E-state index contributed by atoms with van der Waals surface area (Å²) in [7, 11) is 1.73. The smallest absolute Gasteiger partial charge is 0.239 e. The number of amides is 1. The molecule has 1 amide bonds. The summed E-state index contributed by atoms with van der Waals surface area (Å²) < 4.78 is 0. The Hall–Kier alpha value is -0.830. The molecule has 0 aliphatic rings. The molecule has 0 radical (unpaired) electrons. The van der Waals surface area contributed by atoms with Crippen LogP contribution in [0, 0.1) is 5.92 Å². The Balaban J connectivity index is 4.08. The normalized spacial score (nSPS) is 12.8. The van der Waals surface area contributed by atoms with Gasteiger partial charge in [-0.05, 0) is 5.92 Å². The van der Waals surface area contributed by atoms with E-state index in [1.54, 1.807) is 18.0 Å². The van der Waals surface area contributed by atoms with Crippen LogP contribution in [0.5, 0.6) is 0 Å². The first-order valence-corrected chi connectivity index (χ1v) is 4.12. The van der Waals surface area contributed by atoms with Gasteiger partial charge in [-0.2, -0.15) is 0 Å². The van der Waals surface area contributed by atoms with Crippen molar-refractivity contribution in [3.63, 3.8) is 0 Å². The van der Waals surface area contributed by atoms with Crippen molar-refractivity contribution in [2.24, 2.45) is 11.7 Å². The molecule has 0 unspecified atom stereocenters. The number of hydrogen-bond donors (Lipinski definition) is 1. The number of carbonyl (C=O) groups is 1. The summed E-state index contributed by atoms with van der Waals surface area (Å²) in [5.41, 5.74) is 5.67. The molecule has 0 saturated heterocycles. The van der Waals surface area contributed by atoms with Gasteiger partial charge in [0.25, 0.3) is 0 Å². The van der Waals surface area contributed by atoms with E-state index in [2.05, 4.69) is 6.58 Å². The highest BCUT2D eigenvalue weighted by molar-refractivity contribution is 5.81. The van der Waals surface area contributed by atoms with Crippen LogP contribution in [0.4, 0.5) is 0 Å². The number of nitrogens with two attached hydrogens (primary N) is 1. The van der Waals surface area contributed by atoms with Gasteiger partial charge in [-0.3, -0.25) is 4.79 Å². The molecule has 2 N–H and O–H groups in total. The first-order valence-electron chi connectivity index (χ1n) is 4.12. The lowest BCUT2D eigenvalue weighted by atomic mass is 10.0. The molecule has 0 heterocycles. The Labute approximate surface area is 74.2 Å². The molecular formula is C9H18N2O. The second kappa shape index (κ2) is 4.93. The fraction of sp³-hybridized carbons (Fsp3) is 0.667. The highest BCUT2D eigenvalue weighted by Crippen LogP contribution is 2.01. The number of nitrogens with zero attached hydrogens (tertiary/aromatic N) is 1. The largest absolute Gasteiger partial charge is 0.341 e. The molecule has 3 nitrogen and oxygen atoms in total. The minimum atomic E-state index is -0.394. The molecule has 70 valence electrons. The van der Waals surface area contributed by atoms with Gasteiger partial charge in [0.05, 0.1) is 6.04 Å². The SMILES string of the molecule is C=CCN(C)C(=O)[C@@H](N)C(C)C. The zero-order valence-corrected chi connectivity index (χ0v) is 8.08. The second-order valence-electron chi connectivity index (χ2n) is 3.28. The van der Waals surface area contributed by atoms with Crippen LogP contribution >= 0.6 is 0 Å². The Kier molecular flexibility index (Phi) is 4.59. The van der Waals surface area contributed by atoms with E-state index in [4.69, 9.17) is 5.73 Å². The monoisotopic (exact) mass is 170 g/mol. The zero-order valence-electron chi connectivity index (χ0n) is 8.08. The fourth-order valence-electron chi connectivity index (χ4n) is 0.823. The third kappa shape index (κ3) is 3.05. The van der Waals surface area contributed by atoms with E-state index < -0.39 is 6.04 Å². The van der Waals surface area contributed by atoms with Crippen molar-refractivity contribution < 1.29 is 4.79 Å². The van der Waals surface area contributed by atoms with E-state index in [1.165, 1.54) is 0 Å². The highest BCUT2D eigenvalue weighted by Gasteiger charge is 2.19. The third-order valence-corrected chi connectivity index (χ3v) is 1.78. The predicted octanol–water partition coefficient (Wildman–Crippen LogP) is 0.614. The summed E-state index contributed by atoms with van der Waals surface area (Å²) in [5.74, 6) is 0.162. The quantitative estimate of drug-likeness (QED) is 0.628. The molecule has 12 heavy (non-hydrogen) atoms. The first-order chi connectivity index (χ1) is 5.50. The summed E-state index contributed by atoms with van der Waals surface area (Å²) in [6, 6.07) is -0.394. The van der Waals surface area contributed by atoms with Crippen molar-refractivity contribution in [2.75, 3.05) is 13.6 Å². The topological polar surface area (TPSA) is 46.3 Å².